The Morgan fingerprint density at radius 2 is 2.33 bits per heavy atom. The van der Waals surface area contributed by atoms with Crippen molar-refractivity contribution >= 4 is 5.97 Å². The molecule has 9 heavy (non-hydrogen) atoms. The van der Waals surface area contributed by atoms with Crippen LogP contribution < -0.4 is 0 Å². The zero-order valence-corrected chi connectivity index (χ0v) is 5.59. The second-order valence-corrected chi connectivity index (χ2v) is 2.27. The summed E-state index contributed by atoms with van der Waals surface area (Å²) in [4.78, 5) is 15.4. The van der Waals surface area contributed by atoms with Crippen molar-refractivity contribution in [2.45, 2.75) is 19.3 Å². The molecule has 0 saturated carbocycles. The predicted molar refractivity (Wildman–Crippen MR) is 32.6 cm³/mol. The highest BCUT2D eigenvalue weighted by Crippen LogP contribution is 2.05. The van der Waals surface area contributed by atoms with Gasteiger partial charge in [0.2, 0.25) is 0 Å². The molecule has 1 rings (SSSR count). The van der Waals surface area contributed by atoms with E-state index < -0.39 is 0 Å². The number of carbonyl (C=O) groups excluding carboxylic acids is 1. The van der Waals surface area contributed by atoms with Crippen LogP contribution in [0.4, 0.5) is 0 Å². The summed E-state index contributed by atoms with van der Waals surface area (Å²) in [5, 5.41) is 1.59. The third-order valence-corrected chi connectivity index (χ3v) is 1.36. The van der Waals surface area contributed by atoms with Gasteiger partial charge in [0.15, 0.2) is 0 Å². The third-order valence-electron chi connectivity index (χ3n) is 1.36. The van der Waals surface area contributed by atoms with Crippen molar-refractivity contribution in [1.82, 2.24) is 5.06 Å². The van der Waals surface area contributed by atoms with Gasteiger partial charge in [-0.25, -0.2) is 0 Å². The Balaban J connectivity index is 2.37. The van der Waals surface area contributed by atoms with E-state index in [2.05, 4.69) is 0 Å². The molecule has 0 radical (unpaired) electrons. The third kappa shape index (κ3) is 2.01. The molecule has 1 saturated heterocycles. The lowest BCUT2D eigenvalue weighted by atomic mass is 10.2. The van der Waals surface area contributed by atoms with Gasteiger partial charge in [-0.05, 0) is 12.8 Å². The molecule has 1 fully saturated rings. The summed E-state index contributed by atoms with van der Waals surface area (Å²) >= 11 is 0. The molecule has 0 bridgehead atoms. The van der Waals surface area contributed by atoms with Crippen LogP contribution in [0, 0.1) is 0 Å². The molecule has 3 heteroatoms. The maximum Gasteiger partial charge on any atom is 0.325 e. The zero-order chi connectivity index (χ0) is 6.69. The van der Waals surface area contributed by atoms with Crippen LogP contribution in [0.1, 0.15) is 19.3 Å². The van der Waals surface area contributed by atoms with Crippen LogP contribution in [0.5, 0.6) is 0 Å². The molecule has 0 amide bonds. The van der Waals surface area contributed by atoms with E-state index >= 15 is 0 Å². The van der Waals surface area contributed by atoms with Crippen molar-refractivity contribution in [2.75, 3.05) is 13.6 Å². The SMILES string of the molecule is CN1CCCCC(=O)O1. The number of carbonyl (C=O) groups is 1. The van der Waals surface area contributed by atoms with Crippen LogP contribution in [0.3, 0.4) is 0 Å². The minimum Gasteiger partial charge on any atom is -0.368 e. The quantitative estimate of drug-likeness (QED) is 0.478. The first kappa shape index (κ1) is 6.55. The Labute approximate surface area is 54.5 Å². The van der Waals surface area contributed by atoms with E-state index in [1.54, 1.807) is 12.1 Å². The van der Waals surface area contributed by atoms with Gasteiger partial charge < -0.3 is 4.84 Å². The Morgan fingerprint density at radius 3 is 3.11 bits per heavy atom. The van der Waals surface area contributed by atoms with Crippen molar-refractivity contribution < 1.29 is 9.63 Å². The fourth-order valence-corrected chi connectivity index (χ4v) is 0.869. The lowest BCUT2D eigenvalue weighted by Gasteiger charge is -2.10. The first-order valence-electron chi connectivity index (χ1n) is 3.21. The summed E-state index contributed by atoms with van der Waals surface area (Å²) < 4.78 is 0. The molecule has 0 N–H and O–H groups in total. The largest absolute Gasteiger partial charge is 0.368 e. The van der Waals surface area contributed by atoms with E-state index in [0.717, 1.165) is 19.4 Å². The van der Waals surface area contributed by atoms with Gasteiger partial charge in [-0.2, -0.15) is 0 Å². The summed E-state index contributed by atoms with van der Waals surface area (Å²) in [6.45, 7) is 0.867. The number of hydrogen-bond donors (Lipinski definition) is 0. The van der Waals surface area contributed by atoms with Crippen LogP contribution in [-0.4, -0.2) is 24.6 Å². The predicted octanol–water partition coefficient (Wildman–Crippen LogP) is 0.560. The highest BCUT2D eigenvalue weighted by molar-refractivity contribution is 5.69. The molecule has 1 heterocycles. The van der Waals surface area contributed by atoms with Crippen LogP contribution in [0.25, 0.3) is 0 Å². The van der Waals surface area contributed by atoms with Crippen LogP contribution in [0.2, 0.25) is 0 Å². The number of nitrogens with zero attached hydrogens (tertiary/aromatic N) is 1. The summed E-state index contributed by atoms with van der Waals surface area (Å²) in [7, 11) is 1.78. The average molecular weight is 129 g/mol. The monoisotopic (exact) mass is 129 g/mol. The maximum atomic E-state index is 10.6. The first-order chi connectivity index (χ1) is 4.29. The van der Waals surface area contributed by atoms with Crippen LogP contribution in [-0.2, 0) is 9.63 Å². The molecule has 1 aliphatic rings. The molecule has 0 spiro atoms. The topological polar surface area (TPSA) is 29.5 Å². The van der Waals surface area contributed by atoms with Crippen molar-refractivity contribution in [1.29, 1.82) is 0 Å². The van der Waals surface area contributed by atoms with Crippen molar-refractivity contribution in [2.24, 2.45) is 0 Å². The standard InChI is InChI=1S/C6H11NO2/c1-7-5-3-2-4-6(8)9-7/h2-5H2,1H3. The first-order valence-corrected chi connectivity index (χ1v) is 3.21. The smallest absolute Gasteiger partial charge is 0.325 e. The minimum absolute atomic E-state index is 0.102. The molecule has 0 aliphatic carbocycles. The summed E-state index contributed by atoms with van der Waals surface area (Å²) in [5.74, 6) is -0.102. The highest BCUT2D eigenvalue weighted by Gasteiger charge is 2.11. The number of hydrogen-bond acceptors (Lipinski definition) is 3. The Hall–Kier alpha value is -0.570. The van der Waals surface area contributed by atoms with Gasteiger partial charge in [0.25, 0.3) is 0 Å². The van der Waals surface area contributed by atoms with Crippen LogP contribution >= 0.6 is 0 Å². The van der Waals surface area contributed by atoms with Gasteiger partial charge in [-0.3, -0.25) is 4.79 Å². The normalized spacial score (nSPS) is 23.0. The van der Waals surface area contributed by atoms with Crippen molar-refractivity contribution in [3.8, 4) is 0 Å². The van der Waals surface area contributed by atoms with E-state index in [1.165, 1.54) is 0 Å². The molecule has 0 unspecified atom stereocenters. The Bertz CT molecular complexity index is 114. The average Bonchev–Trinajstić information content (AvgIpc) is 1.93. The maximum absolute atomic E-state index is 10.6. The number of hydroxylamine groups is 2. The Morgan fingerprint density at radius 1 is 1.56 bits per heavy atom. The minimum atomic E-state index is -0.102. The second kappa shape index (κ2) is 2.82. The zero-order valence-electron chi connectivity index (χ0n) is 5.59. The molecular weight excluding hydrogens is 118 g/mol. The van der Waals surface area contributed by atoms with Gasteiger partial charge in [0, 0.05) is 20.0 Å². The molecule has 0 aromatic carbocycles. The highest BCUT2D eigenvalue weighted by atomic mass is 16.7. The van der Waals surface area contributed by atoms with Gasteiger partial charge in [0.05, 0.1) is 0 Å². The van der Waals surface area contributed by atoms with Gasteiger partial charge in [0.1, 0.15) is 0 Å². The molecule has 1 aliphatic heterocycles. The van der Waals surface area contributed by atoms with E-state index in [9.17, 15) is 4.79 Å². The van der Waals surface area contributed by atoms with E-state index in [4.69, 9.17) is 4.84 Å². The molecule has 52 valence electrons. The van der Waals surface area contributed by atoms with Crippen LogP contribution in [0.15, 0.2) is 0 Å². The summed E-state index contributed by atoms with van der Waals surface area (Å²) in [5.41, 5.74) is 0. The van der Waals surface area contributed by atoms with Gasteiger partial charge in [-0.15, -0.1) is 5.06 Å². The molecule has 0 atom stereocenters. The van der Waals surface area contributed by atoms with Gasteiger partial charge >= 0.3 is 5.97 Å². The fourth-order valence-electron chi connectivity index (χ4n) is 0.869. The summed E-state index contributed by atoms with van der Waals surface area (Å²) in [6, 6.07) is 0. The van der Waals surface area contributed by atoms with E-state index in [0.29, 0.717) is 6.42 Å². The molecular formula is C6H11NO2. The van der Waals surface area contributed by atoms with E-state index in [1.807, 2.05) is 0 Å². The summed E-state index contributed by atoms with van der Waals surface area (Å²) in [6.07, 6.45) is 2.59. The number of rotatable bonds is 0. The van der Waals surface area contributed by atoms with Gasteiger partial charge in [-0.1, -0.05) is 0 Å². The van der Waals surface area contributed by atoms with E-state index in [-0.39, 0.29) is 5.97 Å². The molecule has 3 nitrogen and oxygen atoms in total. The lowest BCUT2D eigenvalue weighted by molar-refractivity contribution is -0.180. The lowest BCUT2D eigenvalue weighted by Crippen LogP contribution is -2.20. The fraction of sp³-hybridized carbons (Fsp3) is 0.833. The van der Waals surface area contributed by atoms with Crippen molar-refractivity contribution in [3.63, 3.8) is 0 Å². The molecule has 0 aromatic heterocycles. The van der Waals surface area contributed by atoms with Crippen molar-refractivity contribution in [3.05, 3.63) is 0 Å². The molecule has 0 aromatic rings. The Kier molecular flexibility index (Phi) is 2.05. The second-order valence-electron chi connectivity index (χ2n) is 2.27.